The van der Waals surface area contributed by atoms with E-state index in [1.807, 2.05) is 0 Å². The maximum atomic E-state index is 10.3. The van der Waals surface area contributed by atoms with Crippen LogP contribution in [-0.2, 0) is 10.3 Å². The molecular weight excluding hydrogens is 260 g/mol. The van der Waals surface area contributed by atoms with E-state index in [2.05, 4.69) is 0 Å². The molecule has 0 aromatic heterocycles. The Morgan fingerprint density at radius 1 is 1.14 bits per heavy atom. The molecule has 0 atom stereocenters. The summed E-state index contributed by atoms with van der Waals surface area (Å²) < 4.78 is 32.5. The number of hydrogen-bond acceptors (Lipinski definition) is 3. The fourth-order valence-corrected chi connectivity index (χ4v) is 1.69. The first-order valence-corrected chi connectivity index (χ1v) is 5.23. The van der Waals surface area contributed by atoms with Gasteiger partial charge in [-0.1, -0.05) is 23.2 Å². The zero-order chi connectivity index (χ0) is 10.1. The van der Waals surface area contributed by atoms with Gasteiger partial charge in [0, 0.05) is 10.0 Å². The van der Waals surface area contributed by atoms with Crippen molar-refractivity contribution >= 4 is 39.2 Å². The van der Waals surface area contributed by atoms with Gasteiger partial charge in [0.1, 0.15) is 0 Å². The maximum absolute atomic E-state index is 10.3. The fourth-order valence-electron chi connectivity index (χ4n) is 0.757. The van der Waals surface area contributed by atoms with Gasteiger partial charge in [0.25, 0.3) is 0 Å². The van der Waals surface area contributed by atoms with Crippen LogP contribution >= 0.6 is 23.2 Å². The molecule has 0 bridgehead atoms. The maximum Gasteiger partial charge on any atom is 1.00 e. The van der Waals surface area contributed by atoms with Gasteiger partial charge >= 0.3 is 29.6 Å². The van der Waals surface area contributed by atoms with Crippen molar-refractivity contribution in [3.63, 3.8) is 0 Å². The van der Waals surface area contributed by atoms with Gasteiger partial charge in [-0.15, -0.1) is 0 Å². The summed E-state index contributed by atoms with van der Waals surface area (Å²) in [6.07, 6.45) is 0. The Kier molecular flexibility index (Phi) is 5.76. The number of rotatable bonds is 2. The Labute approximate surface area is 114 Å². The number of hydrogen-bond donors (Lipinski definition) is 1. The Balaban J connectivity index is 0.00000169. The summed E-state index contributed by atoms with van der Waals surface area (Å²) >= 11 is 11.1. The van der Waals surface area contributed by atoms with Crippen molar-refractivity contribution < 1.29 is 42.5 Å². The monoisotopic (exact) mass is 263 g/mol. The Morgan fingerprint density at radius 2 is 1.57 bits per heavy atom. The van der Waals surface area contributed by atoms with Crippen molar-refractivity contribution in [2.75, 3.05) is 4.72 Å². The predicted octanol–water partition coefficient (Wildman–Crippen LogP) is -1.13. The summed E-state index contributed by atoms with van der Waals surface area (Å²) in [5.74, 6) is 0. The van der Waals surface area contributed by atoms with E-state index in [-0.39, 0.29) is 45.3 Å². The molecule has 14 heavy (non-hydrogen) atoms. The van der Waals surface area contributed by atoms with Crippen LogP contribution in [-0.4, -0.2) is 13.0 Å². The van der Waals surface area contributed by atoms with Crippen LogP contribution in [0.25, 0.3) is 0 Å². The molecule has 0 fully saturated rings. The minimum absolute atomic E-state index is 0. The molecule has 0 heterocycles. The first-order chi connectivity index (χ1) is 5.87. The van der Waals surface area contributed by atoms with Crippen LogP contribution < -0.4 is 34.3 Å². The van der Waals surface area contributed by atoms with E-state index >= 15 is 0 Å². The van der Waals surface area contributed by atoms with Gasteiger partial charge < -0.3 is 4.55 Å². The van der Waals surface area contributed by atoms with Crippen LogP contribution in [0.15, 0.2) is 18.2 Å². The first-order valence-electron chi connectivity index (χ1n) is 3.06. The van der Waals surface area contributed by atoms with Crippen LogP contribution in [0.4, 0.5) is 5.69 Å². The van der Waals surface area contributed by atoms with E-state index in [0.717, 1.165) is 0 Å². The van der Waals surface area contributed by atoms with E-state index in [0.29, 0.717) is 0 Å². The van der Waals surface area contributed by atoms with E-state index in [9.17, 15) is 13.0 Å². The third-order valence-electron chi connectivity index (χ3n) is 1.11. The molecule has 1 N–H and O–H groups in total. The Hall–Kier alpha value is 0.510. The average molecular weight is 264 g/mol. The topological polar surface area (TPSA) is 69.2 Å². The summed E-state index contributed by atoms with van der Waals surface area (Å²) in [5, 5.41) is 0.498. The van der Waals surface area contributed by atoms with Gasteiger partial charge in [-0.3, -0.25) is 4.72 Å². The zero-order valence-corrected chi connectivity index (χ0v) is 11.4. The third-order valence-corrected chi connectivity index (χ3v) is 2.03. The second kappa shape index (κ2) is 5.55. The number of anilines is 1. The quantitative estimate of drug-likeness (QED) is 0.543. The van der Waals surface area contributed by atoms with Gasteiger partial charge in [0.05, 0.1) is 5.69 Å². The van der Waals surface area contributed by atoms with Crippen molar-refractivity contribution in [3.05, 3.63) is 28.2 Å². The van der Waals surface area contributed by atoms with Crippen LogP contribution in [0.3, 0.4) is 0 Å². The first kappa shape index (κ1) is 14.5. The molecule has 0 spiro atoms. The molecule has 1 aromatic rings. The summed E-state index contributed by atoms with van der Waals surface area (Å²) in [6, 6.07) is 3.98. The van der Waals surface area contributed by atoms with Gasteiger partial charge in [-0.25, -0.2) is 8.42 Å². The SMILES string of the molecule is O=S(=O)([O-])Nc1cc(Cl)cc(Cl)c1.[Na+]. The van der Waals surface area contributed by atoms with Gasteiger partial charge in [0.15, 0.2) is 10.3 Å². The molecule has 0 aliphatic rings. The number of benzene rings is 1. The molecule has 72 valence electrons. The molecule has 1 rings (SSSR count). The molecule has 0 radical (unpaired) electrons. The number of halogens is 2. The molecule has 0 aliphatic carbocycles. The molecule has 0 saturated carbocycles. The average Bonchev–Trinajstić information content (AvgIpc) is 1.78. The molecule has 0 aliphatic heterocycles. The van der Waals surface area contributed by atoms with E-state index in [1.165, 1.54) is 18.2 Å². The smallest absolute Gasteiger partial charge is 0.731 e. The largest absolute Gasteiger partial charge is 1.00 e. The summed E-state index contributed by atoms with van der Waals surface area (Å²) in [6.45, 7) is 0. The van der Waals surface area contributed by atoms with Crippen molar-refractivity contribution in [3.8, 4) is 0 Å². The van der Waals surface area contributed by atoms with Gasteiger partial charge in [-0.05, 0) is 18.2 Å². The van der Waals surface area contributed by atoms with Gasteiger partial charge in [0.2, 0.25) is 0 Å². The molecule has 0 amide bonds. The standard InChI is InChI=1S/C6H5Cl2NO3S.Na/c7-4-1-5(8)3-6(2-4)9-13(10,11)12;/h1-3,9H,(H,10,11,12);/q;+1/p-1. The minimum Gasteiger partial charge on any atom is -0.731 e. The Morgan fingerprint density at radius 3 is 1.93 bits per heavy atom. The molecule has 0 unspecified atom stereocenters. The summed E-state index contributed by atoms with van der Waals surface area (Å²) in [7, 11) is -4.53. The van der Waals surface area contributed by atoms with Crippen molar-refractivity contribution in [1.82, 2.24) is 0 Å². The van der Waals surface area contributed by atoms with E-state index in [1.54, 1.807) is 4.72 Å². The predicted molar refractivity (Wildman–Crippen MR) is 49.8 cm³/mol. The van der Waals surface area contributed by atoms with E-state index < -0.39 is 10.3 Å². The zero-order valence-electron chi connectivity index (χ0n) is 7.12. The molecule has 0 saturated heterocycles. The van der Waals surface area contributed by atoms with Crippen LogP contribution in [0.2, 0.25) is 10.0 Å². The molecular formula is C6H4Cl2NNaO3S. The van der Waals surface area contributed by atoms with Crippen molar-refractivity contribution in [2.45, 2.75) is 0 Å². The Bertz CT molecular complexity index is 403. The fraction of sp³-hybridized carbons (Fsp3) is 0. The molecule has 4 nitrogen and oxygen atoms in total. The van der Waals surface area contributed by atoms with Gasteiger partial charge in [-0.2, -0.15) is 0 Å². The minimum atomic E-state index is -4.53. The molecule has 8 heteroatoms. The van der Waals surface area contributed by atoms with Crippen molar-refractivity contribution in [2.24, 2.45) is 0 Å². The van der Waals surface area contributed by atoms with Crippen molar-refractivity contribution in [1.29, 1.82) is 0 Å². The van der Waals surface area contributed by atoms with Crippen LogP contribution in [0.5, 0.6) is 0 Å². The normalized spacial score (nSPS) is 10.5. The van der Waals surface area contributed by atoms with Crippen LogP contribution in [0, 0.1) is 0 Å². The molecule has 1 aromatic carbocycles. The summed E-state index contributed by atoms with van der Waals surface area (Å²) in [4.78, 5) is 0. The second-order valence-electron chi connectivity index (χ2n) is 2.21. The second-order valence-corrected chi connectivity index (χ2v) is 4.20. The van der Waals surface area contributed by atoms with Crippen LogP contribution in [0.1, 0.15) is 0 Å². The summed E-state index contributed by atoms with van der Waals surface area (Å²) in [5.41, 5.74) is 0.0486. The number of nitrogens with one attached hydrogen (secondary N) is 1. The van der Waals surface area contributed by atoms with E-state index in [4.69, 9.17) is 23.2 Å². The third kappa shape index (κ3) is 5.41.